The van der Waals surface area contributed by atoms with Crippen molar-refractivity contribution in [1.29, 1.82) is 0 Å². The fourth-order valence-corrected chi connectivity index (χ4v) is 3.91. The number of benzene rings is 2. The molecule has 0 heterocycles. The van der Waals surface area contributed by atoms with E-state index in [2.05, 4.69) is 0 Å². The minimum absolute atomic E-state index is 0.168. The van der Waals surface area contributed by atoms with Crippen molar-refractivity contribution >= 4 is 23.6 Å². The van der Waals surface area contributed by atoms with Crippen LogP contribution in [0.25, 0.3) is 6.08 Å². The van der Waals surface area contributed by atoms with Gasteiger partial charge in [0.25, 0.3) is 0 Å². The van der Waals surface area contributed by atoms with Crippen LogP contribution in [0, 0.1) is 0 Å². The average Bonchev–Trinajstić information content (AvgIpc) is 2.77. The molecule has 0 spiro atoms. The highest BCUT2D eigenvalue weighted by Gasteiger charge is 2.70. The number of Topliss-reactive ketones (excluding diaryl/α,β-unsaturated/α-hetero) is 1. The molecule has 1 fully saturated rings. The van der Waals surface area contributed by atoms with Gasteiger partial charge in [0.1, 0.15) is 0 Å². The summed E-state index contributed by atoms with van der Waals surface area (Å²) >= 11 is 0. The van der Waals surface area contributed by atoms with Gasteiger partial charge in [0, 0.05) is 18.4 Å². The van der Waals surface area contributed by atoms with Gasteiger partial charge in [-0.05, 0) is 23.8 Å². The number of rotatable bonds is 6. The zero-order chi connectivity index (χ0) is 24.6. The van der Waals surface area contributed by atoms with Crippen molar-refractivity contribution < 1.29 is 50.1 Å². The number of carbonyl (C=O) groups excluding carboxylic acids is 2. The minimum atomic E-state index is -3.24. The molecule has 1 aliphatic rings. The molecule has 0 bridgehead atoms. The number of carboxylic acid groups (broad SMARTS) is 1. The second-order valence-electron chi connectivity index (χ2n) is 8.00. The topological polar surface area (TPSA) is 193 Å². The maximum atomic E-state index is 13.2. The van der Waals surface area contributed by atoms with E-state index in [9.17, 15) is 50.1 Å². The summed E-state index contributed by atoms with van der Waals surface area (Å²) in [7, 11) is 0. The number of phenols is 2. The number of phenolic OH excluding ortho intramolecular Hbond substituents is 2. The summed E-state index contributed by atoms with van der Waals surface area (Å²) in [6.07, 6.45) is -2.86. The molecule has 0 aromatic heterocycles. The summed E-state index contributed by atoms with van der Waals surface area (Å²) < 4.78 is 0. The van der Waals surface area contributed by atoms with Gasteiger partial charge < -0.3 is 35.7 Å². The number of hydrogen-bond donors (Lipinski definition) is 7. The Morgan fingerprint density at radius 2 is 1.58 bits per heavy atom. The number of aliphatic hydroxyl groups is 4. The Balaban J connectivity index is 2.10. The van der Waals surface area contributed by atoms with Crippen molar-refractivity contribution in [3.05, 3.63) is 65.7 Å². The second-order valence-corrected chi connectivity index (χ2v) is 8.00. The lowest BCUT2D eigenvalue weighted by Gasteiger charge is -2.51. The first-order chi connectivity index (χ1) is 15.3. The molecule has 0 amide bonds. The van der Waals surface area contributed by atoms with Crippen LogP contribution in [0.4, 0.5) is 0 Å². The van der Waals surface area contributed by atoms with E-state index in [1.807, 2.05) is 0 Å². The number of carboxylic acids is 1. The van der Waals surface area contributed by atoms with Crippen LogP contribution in [0.15, 0.2) is 54.6 Å². The molecular weight excluding hydrogens is 436 g/mol. The molecule has 2 aromatic rings. The molecule has 10 heteroatoms. The van der Waals surface area contributed by atoms with Gasteiger partial charge in [0.05, 0.1) is 6.10 Å². The lowest BCUT2D eigenvalue weighted by atomic mass is 9.60. The van der Waals surface area contributed by atoms with Gasteiger partial charge in [-0.15, -0.1) is 0 Å². The Morgan fingerprint density at radius 3 is 2.15 bits per heavy atom. The van der Waals surface area contributed by atoms with E-state index < -0.39 is 64.8 Å². The third-order valence-corrected chi connectivity index (χ3v) is 5.81. The van der Waals surface area contributed by atoms with Gasteiger partial charge in [-0.1, -0.05) is 42.5 Å². The summed E-state index contributed by atoms with van der Waals surface area (Å²) in [5.74, 6) is -5.42. The molecule has 33 heavy (non-hydrogen) atoms. The highest BCUT2D eigenvalue weighted by Crippen LogP contribution is 2.45. The molecule has 2 unspecified atom stereocenters. The van der Waals surface area contributed by atoms with E-state index in [1.165, 1.54) is 30.3 Å². The highest BCUT2D eigenvalue weighted by atomic mass is 16.4. The van der Waals surface area contributed by atoms with Gasteiger partial charge in [-0.2, -0.15) is 0 Å². The van der Waals surface area contributed by atoms with Crippen LogP contribution in [0.1, 0.15) is 28.8 Å². The van der Waals surface area contributed by atoms with Crippen LogP contribution in [-0.4, -0.2) is 76.2 Å². The van der Waals surface area contributed by atoms with Crippen LogP contribution < -0.4 is 0 Å². The van der Waals surface area contributed by atoms with Crippen LogP contribution in [0.2, 0.25) is 0 Å². The average molecular weight is 458 g/mol. The Morgan fingerprint density at radius 1 is 0.939 bits per heavy atom. The minimum Gasteiger partial charge on any atom is -0.504 e. The maximum absolute atomic E-state index is 13.2. The zero-order valence-corrected chi connectivity index (χ0v) is 17.1. The van der Waals surface area contributed by atoms with E-state index in [1.54, 1.807) is 6.07 Å². The van der Waals surface area contributed by atoms with E-state index in [0.29, 0.717) is 6.08 Å². The highest BCUT2D eigenvalue weighted by molar-refractivity contribution is 6.12. The van der Waals surface area contributed by atoms with Crippen molar-refractivity contribution in [3.63, 3.8) is 0 Å². The maximum Gasteiger partial charge on any atom is 0.335 e. The van der Waals surface area contributed by atoms with Crippen molar-refractivity contribution in [2.45, 2.75) is 35.7 Å². The van der Waals surface area contributed by atoms with Crippen molar-refractivity contribution in [2.75, 3.05) is 0 Å². The molecule has 1 aliphatic carbocycles. The Kier molecular flexibility index (Phi) is 6.14. The van der Waals surface area contributed by atoms with Crippen LogP contribution in [0.3, 0.4) is 0 Å². The van der Waals surface area contributed by atoms with Crippen molar-refractivity contribution in [2.24, 2.45) is 0 Å². The first kappa shape index (κ1) is 24.1. The molecule has 2 aromatic carbocycles. The Bertz CT molecular complexity index is 1130. The summed E-state index contributed by atoms with van der Waals surface area (Å²) in [6, 6.07) is 10.5. The quantitative estimate of drug-likeness (QED) is 0.176. The van der Waals surface area contributed by atoms with Gasteiger partial charge in [0.15, 0.2) is 34.1 Å². The monoisotopic (exact) mass is 458 g/mol. The van der Waals surface area contributed by atoms with Gasteiger partial charge in [0.2, 0.25) is 5.78 Å². The predicted octanol–water partition coefficient (Wildman–Crippen LogP) is -0.00440. The number of aliphatic carboxylic acids is 1. The molecule has 4 atom stereocenters. The molecule has 10 nitrogen and oxygen atoms in total. The number of ketones is 2. The zero-order valence-electron chi connectivity index (χ0n) is 17.1. The van der Waals surface area contributed by atoms with Gasteiger partial charge in [-0.25, -0.2) is 4.79 Å². The predicted molar refractivity (Wildman–Crippen MR) is 112 cm³/mol. The Labute approximate surface area is 187 Å². The molecule has 0 saturated heterocycles. The normalized spacial score (nSPS) is 29.6. The van der Waals surface area contributed by atoms with E-state index >= 15 is 0 Å². The lowest BCUT2D eigenvalue weighted by molar-refractivity contribution is -0.234. The molecule has 174 valence electrons. The number of aliphatic hydroxyl groups excluding tert-OH is 1. The smallest absolute Gasteiger partial charge is 0.335 e. The fourth-order valence-electron chi connectivity index (χ4n) is 3.91. The molecule has 7 N–H and O–H groups in total. The van der Waals surface area contributed by atoms with Gasteiger partial charge in [-0.3, -0.25) is 9.59 Å². The molecule has 3 rings (SSSR count). The summed E-state index contributed by atoms with van der Waals surface area (Å²) in [5, 5.41) is 71.9. The van der Waals surface area contributed by atoms with Crippen LogP contribution >= 0.6 is 0 Å². The fraction of sp³-hybridized carbons (Fsp3) is 0.261. The van der Waals surface area contributed by atoms with E-state index in [4.69, 9.17) is 0 Å². The third kappa shape index (κ3) is 4.00. The van der Waals surface area contributed by atoms with Crippen LogP contribution in [0.5, 0.6) is 11.5 Å². The largest absolute Gasteiger partial charge is 0.504 e. The summed E-state index contributed by atoms with van der Waals surface area (Å²) in [4.78, 5) is 37.8. The molecule has 0 radical (unpaired) electrons. The summed E-state index contributed by atoms with van der Waals surface area (Å²) in [5.41, 5.74) is -9.24. The second kappa shape index (κ2) is 8.41. The summed E-state index contributed by atoms with van der Waals surface area (Å²) in [6.45, 7) is 0. The molecule has 0 aliphatic heterocycles. The first-order valence-corrected chi connectivity index (χ1v) is 9.78. The van der Waals surface area contributed by atoms with E-state index in [-0.39, 0.29) is 11.1 Å². The number of hydrogen-bond acceptors (Lipinski definition) is 9. The molecular formula is C23H22O10. The van der Waals surface area contributed by atoms with Gasteiger partial charge >= 0.3 is 5.97 Å². The standard InChI is InChI=1S/C23H22O10/c24-15-8-6-13(10-16(15)25)7-9-17(26)22(32)12-21(31,20(29)30)11-18(27)23(22,33)19(28)14-4-2-1-3-5-14/h1-10,18,24-25,27,31-33H,11-12H2,(H,29,30)/b9-7+/t18-,21?,22+,23?/m1/s1. The SMILES string of the molecule is O=C(O)C1(O)C[C@@H](O)C(O)(C(=O)c2ccccc2)[C@@](O)(C(=O)/C=C/c2ccc(O)c(O)c2)C1. The number of aromatic hydroxyl groups is 2. The first-order valence-electron chi connectivity index (χ1n) is 9.78. The number of carbonyl (C=O) groups is 3. The molecule has 1 saturated carbocycles. The lowest BCUT2D eigenvalue weighted by Crippen LogP contribution is -2.75. The van der Waals surface area contributed by atoms with Crippen molar-refractivity contribution in [3.8, 4) is 11.5 Å². The van der Waals surface area contributed by atoms with Crippen molar-refractivity contribution in [1.82, 2.24) is 0 Å². The Hall–Kier alpha value is -3.57. The van der Waals surface area contributed by atoms with E-state index in [0.717, 1.165) is 18.2 Å². The third-order valence-electron chi connectivity index (χ3n) is 5.81. The van der Waals surface area contributed by atoms with Crippen LogP contribution in [-0.2, 0) is 9.59 Å².